The summed E-state index contributed by atoms with van der Waals surface area (Å²) in [5, 5.41) is 26.3. The van der Waals surface area contributed by atoms with E-state index in [0.717, 1.165) is 5.57 Å². The Morgan fingerprint density at radius 3 is 2.45 bits per heavy atom. The lowest BCUT2D eigenvalue weighted by Gasteiger charge is -2.10. The molecule has 0 saturated carbocycles. The second-order valence-electron chi connectivity index (χ2n) is 2.45. The molecular formula is C8H14O3. The average Bonchev–Trinajstić information content (AvgIpc) is 1.98. The minimum absolute atomic E-state index is 0.443. The van der Waals surface area contributed by atoms with Crippen LogP contribution in [0.1, 0.15) is 6.92 Å². The molecule has 0 aliphatic rings. The quantitative estimate of drug-likeness (QED) is 0.498. The molecule has 0 saturated heterocycles. The van der Waals surface area contributed by atoms with E-state index in [1.54, 1.807) is 13.0 Å². The Bertz CT molecular complexity index is 151. The predicted molar refractivity (Wildman–Crippen MR) is 43.1 cm³/mol. The van der Waals surface area contributed by atoms with Crippen molar-refractivity contribution in [3.8, 4) is 0 Å². The molecule has 0 rings (SSSR count). The third-order valence-corrected chi connectivity index (χ3v) is 1.16. The molecule has 0 aromatic heterocycles. The molecule has 0 aliphatic heterocycles. The number of aliphatic hydroxyl groups excluding tert-OH is 3. The normalized spacial score (nSPS) is 16.7. The Kier molecular flexibility index (Phi) is 4.77. The van der Waals surface area contributed by atoms with Gasteiger partial charge in [-0.15, -0.1) is 0 Å². The zero-order valence-corrected chi connectivity index (χ0v) is 6.57. The van der Waals surface area contributed by atoms with Gasteiger partial charge in [0.15, 0.2) is 0 Å². The Labute approximate surface area is 66.3 Å². The minimum atomic E-state index is -1.11. The van der Waals surface area contributed by atoms with Crippen LogP contribution in [0.2, 0.25) is 0 Å². The van der Waals surface area contributed by atoms with Crippen molar-refractivity contribution < 1.29 is 15.3 Å². The van der Waals surface area contributed by atoms with E-state index < -0.39 is 18.8 Å². The second-order valence-corrected chi connectivity index (χ2v) is 2.45. The van der Waals surface area contributed by atoms with Crippen LogP contribution in [0.4, 0.5) is 0 Å². The van der Waals surface area contributed by atoms with Crippen molar-refractivity contribution in [2.45, 2.75) is 19.1 Å². The van der Waals surface area contributed by atoms with Crippen LogP contribution in [0.25, 0.3) is 0 Å². The van der Waals surface area contributed by atoms with E-state index in [9.17, 15) is 0 Å². The molecule has 0 aromatic carbocycles. The molecule has 3 heteroatoms. The van der Waals surface area contributed by atoms with Gasteiger partial charge in [0.1, 0.15) is 12.2 Å². The van der Waals surface area contributed by atoms with Crippen LogP contribution in [0.3, 0.4) is 0 Å². The van der Waals surface area contributed by atoms with Crippen molar-refractivity contribution in [2.24, 2.45) is 0 Å². The topological polar surface area (TPSA) is 60.7 Å². The molecule has 0 fully saturated rings. The molecule has 0 spiro atoms. The largest absolute Gasteiger partial charge is 0.394 e. The molecule has 11 heavy (non-hydrogen) atoms. The first-order chi connectivity index (χ1) is 5.07. The Hall–Kier alpha value is -0.640. The molecule has 0 radical (unpaired) electrons. The summed E-state index contributed by atoms with van der Waals surface area (Å²) >= 11 is 0. The van der Waals surface area contributed by atoms with Gasteiger partial charge in [0.25, 0.3) is 0 Å². The summed E-state index contributed by atoms with van der Waals surface area (Å²) in [4.78, 5) is 0. The molecule has 3 N–H and O–H groups in total. The van der Waals surface area contributed by atoms with Gasteiger partial charge in [-0.25, -0.2) is 0 Å². The highest BCUT2D eigenvalue weighted by Crippen LogP contribution is 1.97. The van der Waals surface area contributed by atoms with E-state index in [0.29, 0.717) is 0 Å². The number of hydrogen-bond acceptors (Lipinski definition) is 3. The van der Waals surface area contributed by atoms with Gasteiger partial charge in [0.2, 0.25) is 0 Å². The van der Waals surface area contributed by atoms with Crippen LogP contribution < -0.4 is 0 Å². The van der Waals surface area contributed by atoms with Crippen molar-refractivity contribution in [1.82, 2.24) is 0 Å². The first-order valence-electron chi connectivity index (χ1n) is 3.38. The molecule has 0 heterocycles. The van der Waals surface area contributed by atoms with Gasteiger partial charge < -0.3 is 15.3 Å². The van der Waals surface area contributed by atoms with Crippen molar-refractivity contribution in [1.29, 1.82) is 0 Å². The maximum Gasteiger partial charge on any atom is 0.106 e. The van der Waals surface area contributed by atoms with Gasteiger partial charge in [0.05, 0.1) is 6.61 Å². The van der Waals surface area contributed by atoms with Gasteiger partial charge >= 0.3 is 0 Å². The second kappa shape index (κ2) is 5.07. The molecule has 0 aromatic rings. The predicted octanol–water partition coefficient (Wildman–Crippen LogP) is -0.167. The Balaban J connectivity index is 3.85. The fourth-order valence-corrected chi connectivity index (χ4v) is 0.499. The highest BCUT2D eigenvalue weighted by atomic mass is 16.4. The van der Waals surface area contributed by atoms with Crippen LogP contribution in [0.15, 0.2) is 24.3 Å². The van der Waals surface area contributed by atoms with Gasteiger partial charge in [-0.1, -0.05) is 24.3 Å². The minimum Gasteiger partial charge on any atom is -0.394 e. The monoisotopic (exact) mass is 158 g/mol. The maximum absolute atomic E-state index is 9.03. The van der Waals surface area contributed by atoms with Gasteiger partial charge in [-0.3, -0.25) is 0 Å². The van der Waals surface area contributed by atoms with E-state index in [1.807, 2.05) is 0 Å². The van der Waals surface area contributed by atoms with Crippen molar-refractivity contribution in [3.05, 3.63) is 24.3 Å². The van der Waals surface area contributed by atoms with E-state index in [-0.39, 0.29) is 0 Å². The first-order valence-corrected chi connectivity index (χ1v) is 3.38. The molecule has 0 aliphatic carbocycles. The molecule has 64 valence electrons. The lowest BCUT2D eigenvalue weighted by molar-refractivity contribution is 0.00946. The fourth-order valence-electron chi connectivity index (χ4n) is 0.499. The summed E-state index contributed by atoms with van der Waals surface area (Å²) < 4.78 is 0. The summed E-state index contributed by atoms with van der Waals surface area (Å²) in [5.41, 5.74) is 0.786. The molecule has 0 bridgehead atoms. The highest BCUT2D eigenvalue weighted by Gasteiger charge is 2.10. The lowest BCUT2D eigenvalue weighted by Crippen LogP contribution is -2.27. The van der Waals surface area contributed by atoms with Crippen LogP contribution in [-0.4, -0.2) is 34.1 Å². The molecular weight excluding hydrogens is 144 g/mol. The standard InChI is InChI=1S/C8H14O3/c1-6(2)3-4-7(10)8(11)5-9/h3-4,7-11H,1,5H2,2H3. The van der Waals surface area contributed by atoms with E-state index in [4.69, 9.17) is 15.3 Å². The summed E-state index contributed by atoms with van der Waals surface area (Å²) in [6.45, 7) is 4.90. The zero-order chi connectivity index (χ0) is 8.85. The van der Waals surface area contributed by atoms with Crippen LogP contribution in [-0.2, 0) is 0 Å². The third-order valence-electron chi connectivity index (χ3n) is 1.16. The zero-order valence-electron chi connectivity index (χ0n) is 6.57. The number of rotatable bonds is 4. The van der Waals surface area contributed by atoms with Gasteiger partial charge in [0, 0.05) is 0 Å². The highest BCUT2D eigenvalue weighted by molar-refractivity contribution is 5.12. The van der Waals surface area contributed by atoms with Gasteiger partial charge in [-0.05, 0) is 6.92 Å². The number of hydrogen-bond donors (Lipinski definition) is 3. The Morgan fingerprint density at radius 2 is 2.09 bits per heavy atom. The van der Waals surface area contributed by atoms with Crippen LogP contribution in [0, 0.1) is 0 Å². The smallest absolute Gasteiger partial charge is 0.106 e. The summed E-state index contributed by atoms with van der Waals surface area (Å²) in [6.07, 6.45) is 0.856. The van der Waals surface area contributed by atoms with E-state index in [1.165, 1.54) is 6.08 Å². The van der Waals surface area contributed by atoms with Crippen LogP contribution >= 0.6 is 0 Å². The summed E-state index contributed by atoms with van der Waals surface area (Å²) in [7, 11) is 0. The Morgan fingerprint density at radius 1 is 1.55 bits per heavy atom. The molecule has 3 nitrogen and oxygen atoms in total. The van der Waals surface area contributed by atoms with Crippen molar-refractivity contribution in [2.75, 3.05) is 6.61 Å². The van der Waals surface area contributed by atoms with Crippen molar-refractivity contribution in [3.63, 3.8) is 0 Å². The first kappa shape index (κ1) is 10.4. The van der Waals surface area contributed by atoms with Gasteiger partial charge in [-0.2, -0.15) is 0 Å². The van der Waals surface area contributed by atoms with E-state index >= 15 is 0 Å². The van der Waals surface area contributed by atoms with E-state index in [2.05, 4.69) is 6.58 Å². The summed E-state index contributed by atoms with van der Waals surface area (Å²) in [6, 6.07) is 0. The summed E-state index contributed by atoms with van der Waals surface area (Å²) in [5.74, 6) is 0. The fraction of sp³-hybridized carbons (Fsp3) is 0.500. The average molecular weight is 158 g/mol. The third kappa shape index (κ3) is 4.72. The van der Waals surface area contributed by atoms with Crippen LogP contribution in [0.5, 0.6) is 0 Å². The maximum atomic E-state index is 9.03. The lowest BCUT2D eigenvalue weighted by atomic mass is 10.2. The van der Waals surface area contributed by atoms with Crippen molar-refractivity contribution >= 4 is 0 Å². The number of aliphatic hydroxyl groups is 3. The molecule has 2 unspecified atom stereocenters. The molecule has 2 atom stereocenters. The SMILES string of the molecule is C=C(C)C=CC(O)C(O)CO. The molecule has 0 amide bonds. The number of allylic oxidation sites excluding steroid dienone is 2.